The van der Waals surface area contributed by atoms with Crippen LogP contribution < -0.4 is 14.8 Å². The molecule has 142 valence electrons. The monoisotopic (exact) mass is 367 g/mol. The van der Waals surface area contributed by atoms with E-state index >= 15 is 0 Å². The van der Waals surface area contributed by atoms with Crippen molar-refractivity contribution in [2.24, 2.45) is 0 Å². The lowest BCUT2D eigenvalue weighted by Gasteiger charge is -2.21. The van der Waals surface area contributed by atoms with Crippen LogP contribution in [0.1, 0.15) is 24.5 Å². The maximum absolute atomic E-state index is 12.5. The minimum Gasteiger partial charge on any atom is -0.497 e. The third-order valence-electron chi connectivity index (χ3n) is 4.03. The number of hydrogen-bond donors (Lipinski definition) is 1. The number of nitrogens with zero attached hydrogens (tertiary/aromatic N) is 2. The second kappa shape index (κ2) is 10.2. The fourth-order valence-electron chi connectivity index (χ4n) is 2.76. The van der Waals surface area contributed by atoms with E-state index in [9.17, 15) is 4.79 Å². The number of amides is 1. The summed E-state index contributed by atoms with van der Waals surface area (Å²) in [7, 11) is 3.14. The van der Waals surface area contributed by atoms with Gasteiger partial charge in [0.05, 0.1) is 32.4 Å². The number of methoxy groups -OCH3 is 2. The van der Waals surface area contributed by atoms with E-state index in [1.54, 1.807) is 44.6 Å². The van der Waals surface area contributed by atoms with E-state index in [0.717, 1.165) is 18.5 Å². The first-order valence-corrected chi connectivity index (χ1v) is 8.82. The highest BCUT2D eigenvalue weighted by molar-refractivity contribution is 5.92. The van der Waals surface area contributed by atoms with Gasteiger partial charge in [0.15, 0.2) is 0 Å². The first kappa shape index (κ1) is 20.3. The molecular weight excluding hydrogens is 342 g/mol. The van der Waals surface area contributed by atoms with Gasteiger partial charge in [0.2, 0.25) is 5.91 Å². The molecule has 1 N–H and O–H groups in total. The van der Waals surface area contributed by atoms with Crippen molar-refractivity contribution in [2.45, 2.75) is 19.9 Å². The third kappa shape index (κ3) is 6.32. The summed E-state index contributed by atoms with van der Waals surface area (Å²) in [6.07, 6.45) is 0.941. The van der Waals surface area contributed by atoms with Gasteiger partial charge in [-0.05, 0) is 30.7 Å². The Kier molecular flexibility index (Phi) is 7.65. The second-order valence-electron chi connectivity index (χ2n) is 6.17. The van der Waals surface area contributed by atoms with Crippen molar-refractivity contribution >= 4 is 11.6 Å². The van der Waals surface area contributed by atoms with Crippen LogP contribution in [-0.2, 0) is 11.3 Å². The van der Waals surface area contributed by atoms with E-state index in [1.165, 1.54) is 0 Å². The predicted molar refractivity (Wildman–Crippen MR) is 105 cm³/mol. The molecule has 0 radical (unpaired) electrons. The largest absolute Gasteiger partial charge is 0.497 e. The zero-order chi connectivity index (χ0) is 19.6. The number of nitrogens with one attached hydrogen (secondary N) is 1. The lowest BCUT2D eigenvalue weighted by molar-refractivity contribution is -0.117. The van der Waals surface area contributed by atoms with E-state index in [2.05, 4.69) is 23.2 Å². The molecule has 2 aromatic carbocycles. The Labute approximate surface area is 160 Å². The van der Waals surface area contributed by atoms with Crippen molar-refractivity contribution < 1.29 is 14.3 Å². The molecule has 0 saturated heterocycles. The van der Waals surface area contributed by atoms with Gasteiger partial charge in [-0.15, -0.1) is 0 Å². The van der Waals surface area contributed by atoms with Gasteiger partial charge in [-0.25, -0.2) is 0 Å². The third-order valence-corrected chi connectivity index (χ3v) is 4.03. The van der Waals surface area contributed by atoms with Crippen molar-refractivity contribution in [3.05, 3.63) is 53.6 Å². The van der Waals surface area contributed by atoms with Crippen LogP contribution in [-0.4, -0.2) is 38.1 Å². The van der Waals surface area contributed by atoms with Gasteiger partial charge in [-0.2, -0.15) is 5.26 Å². The molecule has 0 aliphatic carbocycles. The number of carbonyl (C=O) groups excluding carboxylic acids is 1. The number of nitriles is 1. The molecule has 1 amide bonds. The molecule has 0 spiro atoms. The average Bonchev–Trinajstić information content (AvgIpc) is 2.68. The molecule has 6 nitrogen and oxygen atoms in total. The number of ether oxygens (including phenoxy) is 2. The van der Waals surface area contributed by atoms with Crippen LogP contribution >= 0.6 is 0 Å². The van der Waals surface area contributed by atoms with Gasteiger partial charge in [0.25, 0.3) is 0 Å². The normalized spacial score (nSPS) is 10.3. The second-order valence-corrected chi connectivity index (χ2v) is 6.17. The summed E-state index contributed by atoms with van der Waals surface area (Å²) in [5.41, 5.74) is 2.33. The summed E-state index contributed by atoms with van der Waals surface area (Å²) >= 11 is 0. The van der Waals surface area contributed by atoms with Crippen LogP contribution in [0.25, 0.3) is 0 Å². The van der Waals surface area contributed by atoms with Crippen molar-refractivity contribution in [2.75, 3.05) is 32.6 Å². The lowest BCUT2D eigenvalue weighted by atomic mass is 10.1. The molecule has 2 aromatic rings. The number of carbonyl (C=O) groups is 1. The topological polar surface area (TPSA) is 74.6 Å². The molecule has 0 saturated carbocycles. The van der Waals surface area contributed by atoms with E-state index in [0.29, 0.717) is 29.3 Å². The van der Waals surface area contributed by atoms with E-state index in [-0.39, 0.29) is 12.5 Å². The molecule has 6 heteroatoms. The van der Waals surface area contributed by atoms with Gasteiger partial charge in [0, 0.05) is 30.4 Å². The van der Waals surface area contributed by atoms with Gasteiger partial charge in [-0.3, -0.25) is 9.69 Å². The summed E-state index contributed by atoms with van der Waals surface area (Å²) in [6.45, 7) is 3.80. The van der Waals surface area contributed by atoms with E-state index < -0.39 is 0 Å². The van der Waals surface area contributed by atoms with Crippen molar-refractivity contribution in [3.63, 3.8) is 0 Å². The van der Waals surface area contributed by atoms with Crippen molar-refractivity contribution in [3.8, 4) is 17.6 Å². The SMILES string of the molecule is CCCN(CC(=O)Nc1cc(OC)cc(OC)c1)Cc1ccc(C#N)cc1. The van der Waals surface area contributed by atoms with Gasteiger partial charge in [0.1, 0.15) is 11.5 Å². The predicted octanol–water partition coefficient (Wildman–Crippen LogP) is 3.43. The number of rotatable bonds is 9. The van der Waals surface area contributed by atoms with Gasteiger partial charge >= 0.3 is 0 Å². The molecule has 2 rings (SSSR count). The van der Waals surface area contributed by atoms with Crippen LogP contribution in [0.2, 0.25) is 0 Å². The van der Waals surface area contributed by atoms with Crippen LogP contribution in [0, 0.1) is 11.3 Å². The zero-order valence-electron chi connectivity index (χ0n) is 16.0. The van der Waals surface area contributed by atoms with E-state index in [1.807, 2.05) is 12.1 Å². The molecule has 0 bridgehead atoms. The summed E-state index contributed by atoms with van der Waals surface area (Å²) in [5, 5.41) is 11.8. The minimum atomic E-state index is -0.104. The first-order chi connectivity index (χ1) is 13.1. The summed E-state index contributed by atoms with van der Waals surface area (Å²) in [4.78, 5) is 14.6. The summed E-state index contributed by atoms with van der Waals surface area (Å²) in [6, 6.07) is 14.8. The summed E-state index contributed by atoms with van der Waals surface area (Å²) in [5.74, 6) is 1.13. The molecule has 0 aliphatic heterocycles. The number of anilines is 1. The molecule has 0 heterocycles. The molecule has 0 atom stereocenters. The maximum atomic E-state index is 12.5. The number of benzene rings is 2. The molecular formula is C21H25N3O3. The minimum absolute atomic E-state index is 0.104. The van der Waals surface area contributed by atoms with E-state index in [4.69, 9.17) is 14.7 Å². The molecule has 0 aromatic heterocycles. The van der Waals surface area contributed by atoms with Crippen LogP contribution in [0.15, 0.2) is 42.5 Å². The van der Waals surface area contributed by atoms with Crippen LogP contribution in [0.3, 0.4) is 0 Å². The Morgan fingerprint density at radius 3 is 2.26 bits per heavy atom. The maximum Gasteiger partial charge on any atom is 0.238 e. The van der Waals surface area contributed by atoms with Crippen molar-refractivity contribution in [1.29, 1.82) is 5.26 Å². The lowest BCUT2D eigenvalue weighted by Crippen LogP contribution is -2.33. The molecule has 0 fully saturated rings. The molecule has 27 heavy (non-hydrogen) atoms. The Bertz CT molecular complexity index is 775. The fourth-order valence-corrected chi connectivity index (χ4v) is 2.76. The zero-order valence-corrected chi connectivity index (χ0v) is 16.0. The smallest absolute Gasteiger partial charge is 0.238 e. The Morgan fingerprint density at radius 1 is 1.11 bits per heavy atom. The average molecular weight is 367 g/mol. The Morgan fingerprint density at radius 2 is 1.74 bits per heavy atom. The molecule has 0 unspecified atom stereocenters. The first-order valence-electron chi connectivity index (χ1n) is 8.82. The Hall–Kier alpha value is -3.04. The number of hydrogen-bond acceptors (Lipinski definition) is 5. The summed E-state index contributed by atoms with van der Waals surface area (Å²) < 4.78 is 10.5. The van der Waals surface area contributed by atoms with Crippen LogP contribution in [0.4, 0.5) is 5.69 Å². The molecule has 0 aliphatic rings. The van der Waals surface area contributed by atoms with Crippen LogP contribution in [0.5, 0.6) is 11.5 Å². The quantitative estimate of drug-likeness (QED) is 0.735. The standard InChI is InChI=1S/C21H25N3O3/c1-4-9-24(14-17-7-5-16(13-22)6-8-17)15-21(25)23-18-10-19(26-2)12-20(11-18)27-3/h5-8,10-12H,4,9,14-15H2,1-3H3,(H,23,25). The highest BCUT2D eigenvalue weighted by Crippen LogP contribution is 2.25. The van der Waals surface area contributed by atoms with Gasteiger partial charge < -0.3 is 14.8 Å². The Balaban J connectivity index is 2.02. The highest BCUT2D eigenvalue weighted by atomic mass is 16.5. The fraction of sp³-hybridized carbons (Fsp3) is 0.333. The van der Waals surface area contributed by atoms with Gasteiger partial charge in [-0.1, -0.05) is 19.1 Å². The van der Waals surface area contributed by atoms with Crippen molar-refractivity contribution in [1.82, 2.24) is 4.90 Å². The highest BCUT2D eigenvalue weighted by Gasteiger charge is 2.12.